The van der Waals surface area contributed by atoms with Crippen molar-refractivity contribution in [1.29, 1.82) is 5.26 Å². The normalized spacial score (nSPS) is 15.4. The summed E-state index contributed by atoms with van der Waals surface area (Å²) in [6, 6.07) is 11.2. The van der Waals surface area contributed by atoms with Crippen LogP contribution in [-0.2, 0) is 10.2 Å². The third-order valence-corrected chi connectivity index (χ3v) is 5.22. The van der Waals surface area contributed by atoms with Gasteiger partial charge in [-0.3, -0.25) is 4.79 Å². The first-order valence-corrected chi connectivity index (χ1v) is 9.56. The summed E-state index contributed by atoms with van der Waals surface area (Å²) >= 11 is 0. The average Bonchev–Trinajstić information content (AvgIpc) is 2.54. The first-order valence-electron chi connectivity index (χ1n) is 9.56. The van der Waals surface area contributed by atoms with E-state index in [1.165, 1.54) is 11.1 Å². The van der Waals surface area contributed by atoms with Crippen molar-refractivity contribution >= 4 is 5.91 Å². The van der Waals surface area contributed by atoms with E-state index in [0.29, 0.717) is 12.5 Å². The van der Waals surface area contributed by atoms with Crippen molar-refractivity contribution in [3.8, 4) is 6.07 Å². The highest BCUT2D eigenvalue weighted by Gasteiger charge is 2.31. The number of quaternary nitrogens is 1. The fourth-order valence-electron chi connectivity index (χ4n) is 2.87. The standard InChI is InChI=1S/C22H35N3O/c1-15(2)20(17-9-11-18(12-10-17)21(5,6)7)24-13-19(26)25-22(8,14-23)16(3)4/h9-12,15-16,20,24H,13H2,1-8H3,(H,25,26)/p+1/t20-,22+/m0/s1. The van der Waals surface area contributed by atoms with E-state index in [2.05, 4.69) is 75.6 Å². The van der Waals surface area contributed by atoms with Gasteiger partial charge in [0.1, 0.15) is 11.6 Å². The van der Waals surface area contributed by atoms with E-state index < -0.39 is 5.54 Å². The van der Waals surface area contributed by atoms with E-state index in [9.17, 15) is 10.1 Å². The third-order valence-electron chi connectivity index (χ3n) is 5.22. The minimum absolute atomic E-state index is 0.0577. The molecule has 0 heterocycles. The van der Waals surface area contributed by atoms with Crippen LogP contribution >= 0.6 is 0 Å². The Balaban J connectivity index is 2.81. The van der Waals surface area contributed by atoms with Gasteiger partial charge in [0.2, 0.25) is 0 Å². The van der Waals surface area contributed by atoms with Crippen LogP contribution in [0.15, 0.2) is 24.3 Å². The summed E-state index contributed by atoms with van der Waals surface area (Å²) in [6.45, 7) is 16.9. The molecule has 4 heteroatoms. The van der Waals surface area contributed by atoms with Gasteiger partial charge in [-0.15, -0.1) is 0 Å². The summed E-state index contributed by atoms with van der Waals surface area (Å²) in [5, 5.41) is 14.3. The number of benzene rings is 1. The molecule has 0 aliphatic carbocycles. The Bertz CT molecular complexity index is 635. The van der Waals surface area contributed by atoms with Gasteiger partial charge < -0.3 is 10.6 Å². The molecule has 0 aliphatic heterocycles. The van der Waals surface area contributed by atoms with Crippen LogP contribution in [0, 0.1) is 23.2 Å². The second-order valence-corrected chi connectivity index (χ2v) is 9.10. The lowest BCUT2D eigenvalue weighted by Crippen LogP contribution is -2.88. The fourth-order valence-corrected chi connectivity index (χ4v) is 2.87. The summed E-state index contributed by atoms with van der Waals surface area (Å²) in [5.41, 5.74) is 1.84. The molecule has 1 aromatic rings. The number of carbonyl (C=O) groups is 1. The summed E-state index contributed by atoms with van der Waals surface area (Å²) in [6.07, 6.45) is 0. The van der Waals surface area contributed by atoms with Crippen molar-refractivity contribution < 1.29 is 10.1 Å². The average molecular weight is 359 g/mol. The van der Waals surface area contributed by atoms with Gasteiger partial charge in [0, 0.05) is 11.5 Å². The lowest BCUT2D eigenvalue weighted by Gasteiger charge is -2.27. The number of rotatable bonds is 7. The number of amides is 1. The number of nitrogens with one attached hydrogen (secondary N) is 1. The second-order valence-electron chi connectivity index (χ2n) is 9.10. The summed E-state index contributed by atoms with van der Waals surface area (Å²) in [5.74, 6) is 0.359. The molecule has 0 fully saturated rings. The maximum Gasteiger partial charge on any atom is 0.276 e. The Labute approximate surface area is 159 Å². The molecule has 0 spiro atoms. The molecule has 2 atom stereocenters. The van der Waals surface area contributed by atoms with Crippen LogP contribution in [0.4, 0.5) is 0 Å². The predicted molar refractivity (Wildman–Crippen MR) is 107 cm³/mol. The molecule has 0 bridgehead atoms. The van der Waals surface area contributed by atoms with E-state index in [4.69, 9.17) is 0 Å². The second kappa shape index (κ2) is 8.68. The minimum Gasteiger partial charge on any atom is -0.333 e. The van der Waals surface area contributed by atoms with Crippen LogP contribution in [0.5, 0.6) is 0 Å². The Hall–Kier alpha value is -1.86. The lowest BCUT2D eigenvalue weighted by molar-refractivity contribution is -0.692. The highest BCUT2D eigenvalue weighted by atomic mass is 16.2. The van der Waals surface area contributed by atoms with Gasteiger partial charge in [-0.25, -0.2) is 0 Å². The van der Waals surface area contributed by atoms with Crippen LogP contribution in [0.25, 0.3) is 0 Å². The van der Waals surface area contributed by atoms with Gasteiger partial charge in [0.05, 0.1) is 6.07 Å². The largest absolute Gasteiger partial charge is 0.333 e. The zero-order chi connectivity index (χ0) is 20.1. The Morgan fingerprint density at radius 2 is 1.65 bits per heavy atom. The number of hydrogen-bond acceptors (Lipinski definition) is 2. The van der Waals surface area contributed by atoms with Crippen LogP contribution < -0.4 is 10.6 Å². The number of hydrogen-bond donors (Lipinski definition) is 2. The summed E-state index contributed by atoms with van der Waals surface area (Å²) in [7, 11) is 0. The molecular weight excluding hydrogens is 322 g/mol. The van der Waals surface area contributed by atoms with E-state index in [1.807, 2.05) is 13.8 Å². The smallest absolute Gasteiger partial charge is 0.276 e. The number of carbonyl (C=O) groups excluding carboxylic acids is 1. The van der Waals surface area contributed by atoms with Gasteiger partial charge in [-0.1, -0.05) is 72.7 Å². The first kappa shape index (κ1) is 22.2. The van der Waals surface area contributed by atoms with Gasteiger partial charge in [0.25, 0.3) is 5.91 Å². The maximum atomic E-state index is 12.4. The fraction of sp³-hybridized carbons (Fsp3) is 0.636. The van der Waals surface area contributed by atoms with Crippen LogP contribution in [0.2, 0.25) is 0 Å². The van der Waals surface area contributed by atoms with Crippen molar-refractivity contribution in [2.24, 2.45) is 11.8 Å². The number of nitrogens with two attached hydrogens (primary N) is 1. The van der Waals surface area contributed by atoms with Crippen LogP contribution in [0.3, 0.4) is 0 Å². The quantitative estimate of drug-likeness (QED) is 0.785. The molecule has 0 saturated heterocycles. The van der Waals surface area contributed by atoms with Gasteiger partial charge in [-0.2, -0.15) is 5.26 Å². The van der Waals surface area contributed by atoms with E-state index in [0.717, 1.165) is 0 Å². The lowest BCUT2D eigenvalue weighted by atomic mass is 9.85. The molecule has 0 radical (unpaired) electrons. The van der Waals surface area contributed by atoms with Crippen molar-refractivity contribution in [3.05, 3.63) is 35.4 Å². The Kier molecular flexibility index (Phi) is 7.41. The molecule has 0 aromatic heterocycles. The minimum atomic E-state index is -0.827. The van der Waals surface area contributed by atoms with Crippen molar-refractivity contribution in [1.82, 2.24) is 5.32 Å². The number of nitrogens with zero attached hydrogens (tertiary/aromatic N) is 1. The maximum absolute atomic E-state index is 12.4. The van der Waals surface area contributed by atoms with Crippen LogP contribution in [-0.4, -0.2) is 18.0 Å². The SMILES string of the molecule is CC(C)[C@H]([NH2+]CC(=O)N[C@](C)(C#N)C(C)C)c1ccc(C(C)(C)C)cc1. The van der Waals surface area contributed by atoms with Crippen molar-refractivity contribution in [2.75, 3.05) is 6.54 Å². The van der Waals surface area contributed by atoms with Crippen molar-refractivity contribution in [2.45, 2.75) is 72.4 Å². The molecule has 144 valence electrons. The highest BCUT2D eigenvalue weighted by Crippen LogP contribution is 2.25. The molecule has 1 aromatic carbocycles. The molecule has 1 rings (SSSR count). The molecule has 4 nitrogen and oxygen atoms in total. The monoisotopic (exact) mass is 358 g/mol. The molecule has 0 unspecified atom stereocenters. The number of nitriles is 1. The van der Waals surface area contributed by atoms with Gasteiger partial charge >= 0.3 is 0 Å². The van der Waals surface area contributed by atoms with E-state index >= 15 is 0 Å². The molecule has 1 amide bonds. The zero-order valence-electron chi connectivity index (χ0n) is 17.7. The van der Waals surface area contributed by atoms with Gasteiger partial charge in [0.15, 0.2) is 6.54 Å². The Morgan fingerprint density at radius 3 is 2.04 bits per heavy atom. The van der Waals surface area contributed by atoms with Gasteiger partial charge in [-0.05, 0) is 23.8 Å². The van der Waals surface area contributed by atoms with E-state index in [-0.39, 0.29) is 23.3 Å². The van der Waals surface area contributed by atoms with Crippen molar-refractivity contribution in [3.63, 3.8) is 0 Å². The molecule has 3 N–H and O–H groups in total. The summed E-state index contributed by atoms with van der Waals surface area (Å²) in [4.78, 5) is 12.4. The Morgan fingerprint density at radius 1 is 1.12 bits per heavy atom. The topological polar surface area (TPSA) is 69.5 Å². The molecular formula is C22H36N3O+. The zero-order valence-corrected chi connectivity index (χ0v) is 17.7. The predicted octanol–water partition coefficient (Wildman–Crippen LogP) is 3.30. The summed E-state index contributed by atoms with van der Waals surface area (Å²) < 4.78 is 0. The highest BCUT2D eigenvalue weighted by molar-refractivity contribution is 5.78. The molecule has 26 heavy (non-hydrogen) atoms. The molecule has 0 saturated carbocycles. The molecule has 0 aliphatic rings. The van der Waals surface area contributed by atoms with E-state index in [1.54, 1.807) is 6.92 Å². The third kappa shape index (κ3) is 5.85. The van der Waals surface area contributed by atoms with Crippen LogP contribution in [0.1, 0.15) is 72.6 Å². The first-order chi connectivity index (χ1) is 11.9.